The average molecular weight is 703 g/mol. The number of halogens is 2. The summed E-state index contributed by atoms with van der Waals surface area (Å²) in [5, 5.41) is 7.29. The summed E-state index contributed by atoms with van der Waals surface area (Å²) in [4.78, 5) is 20.8. The maximum Gasteiger partial charge on any atom is 0.179 e. The molecule has 1 unspecified atom stereocenters. The van der Waals surface area contributed by atoms with Gasteiger partial charge in [-0.25, -0.2) is 27.8 Å². The molecule has 0 aliphatic carbocycles. The Morgan fingerprint density at radius 3 is 2.60 bits per heavy atom. The number of hydrogen-bond donors (Lipinski definition) is 1. The summed E-state index contributed by atoms with van der Waals surface area (Å²) in [6.45, 7) is 2.61. The fraction of sp³-hybridized carbons (Fsp3) is 0.200. The molecule has 3 heterocycles. The molecule has 6 aromatic rings. The molecule has 9 nitrogen and oxygen atoms in total. The van der Waals surface area contributed by atoms with Crippen molar-refractivity contribution in [3.05, 3.63) is 118 Å². The maximum atomic E-state index is 13.5. The van der Waals surface area contributed by atoms with Gasteiger partial charge < -0.3 is 10.1 Å². The van der Waals surface area contributed by atoms with Crippen LogP contribution in [0, 0.1) is 5.82 Å². The van der Waals surface area contributed by atoms with Gasteiger partial charge >= 0.3 is 0 Å². The number of fused-ring (bicyclic) bond motifs is 1. The zero-order valence-electron chi connectivity index (χ0n) is 26.2. The normalized spacial score (nSPS) is 12.4. The molecular formula is C35H32ClFN6O3S2. The molecule has 0 radical (unpaired) electrons. The Labute approximate surface area is 287 Å². The Morgan fingerprint density at radius 2 is 1.83 bits per heavy atom. The van der Waals surface area contributed by atoms with Crippen LogP contribution >= 0.6 is 22.9 Å². The topological polar surface area (TPSA) is 110 Å². The van der Waals surface area contributed by atoms with Gasteiger partial charge in [-0.3, -0.25) is 9.88 Å². The molecule has 0 aliphatic rings. The van der Waals surface area contributed by atoms with E-state index < -0.39 is 9.84 Å². The lowest BCUT2D eigenvalue weighted by Crippen LogP contribution is -2.29. The van der Waals surface area contributed by atoms with Gasteiger partial charge in [0, 0.05) is 23.0 Å². The van der Waals surface area contributed by atoms with Gasteiger partial charge in [0.15, 0.2) is 9.84 Å². The molecule has 0 bridgehead atoms. The summed E-state index contributed by atoms with van der Waals surface area (Å²) in [7, 11) is -1.47. The van der Waals surface area contributed by atoms with Crippen molar-refractivity contribution in [2.45, 2.75) is 30.9 Å². The first-order valence-corrected chi connectivity index (χ1v) is 18.1. The lowest BCUT2D eigenvalue weighted by Gasteiger charge is -2.25. The first-order valence-electron chi connectivity index (χ1n) is 15.2. The molecule has 1 N–H and O–H groups in total. The molecule has 13 heteroatoms. The van der Waals surface area contributed by atoms with Crippen molar-refractivity contribution in [3.63, 3.8) is 0 Å². The van der Waals surface area contributed by atoms with E-state index in [4.69, 9.17) is 21.3 Å². The molecule has 0 fully saturated rings. The summed E-state index contributed by atoms with van der Waals surface area (Å²) < 4.78 is 45.0. The van der Waals surface area contributed by atoms with E-state index in [1.807, 2.05) is 29.5 Å². The van der Waals surface area contributed by atoms with Crippen molar-refractivity contribution in [3.8, 4) is 17.1 Å². The molecule has 48 heavy (non-hydrogen) atoms. The second-order valence-electron chi connectivity index (χ2n) is 11.1. The average Bonchev–Trinajstić information content (AvgIpc) is 3.58. The van der Waals surface area contributed by atoms with E-state index in [0.29, 0.717) is 56.2 Å². The first kappa shape index (κ1) is 33.4. The van der Waals surface area contributed by atoms with E-state index in [1.54, 1.807) is 60.8 Å². The number of thiazole rings is 1. The highest BCUT2D eigenvalue weighted by Crippen LogP contribution is 2.33. The van der Waals surface area contributed by atoms with Crippen molar-refractivity contribution in [1.82, 2.24) is 24.8 Å². The number of benzene rings is 3. The molecule has 3 aromatic carbocycles. The number of rotatable bonds is 13. The van der Waals surface area contributed by atoms with Crippen LogP contribution in [0.2, 0.25) is 5.02 Å². The van der Waals surface area contributed by atoms with Gasteiger partial charge in [-0.05, 0) is 67.6 Å². The number of nitrogens with one attached hydrogen (secondary N) is 1. The Hall–Kier alpha value is -4.49. The summed E-state index contributed by atoms with van der Waals surface area (Å²) in [5.74, 6) is 0.725. The molecule has 0 amide bonds. The Balaban J connectivity index is 1.16. The minimum Gasteiger partial charge on any atom is -0.487 e. The van der Waals surface area contributed by atoms with Crippen LogP contribution in [0.5, 0.6) is 5.75 Å². The van der Waals surface area contributed by atoms with E-state index >= 15 is 0 Å². The molecule has 0 spiro atoms. The van der Waals surface area contributed by atoms with Gasteiger partial charge in [-0.2, -0.15) is 0 Å². The summed E-state index contributed by atoms with van der Waals surface area (Å²) in [6, 6.07) is 21.9. The van der Waals surface area contributed by atoms with E-state index in [-0.39, 0.29) is 24.2 Å². The Kier molecular flexibility index (Phi) is 10.3. The summed E-state index contributed by atoms with van der Waals surface area (Å²) >= 11 is 8.05. The minimum atomic E-state index is -3.40. The summed E-state index contributed by atoms with van der Waals surface area (Å²) in [6.07, 6.45) is 3.91. The minimum absolute atomic E-state index is 0.0140. The highest BCUT2D eigenvalue weighted by molar-refractivity contribution is 7.91. The van der Waals surface area contributed by atoms with Crippen LogP contribution in [0.15, 0.2) is 102 Å². The van der Waals surface area contributed by atoms with Gasteiger partial charge in [-0.1, -0.05) is 48.9 Å². The highest BCUT2D eigenvalue weighted by Gasteiger charge is 2.23. The predicted molar refractivity (Wildman–Crippen MR) is 188 cm³/mol. The number of nitrogens with zero attached hydrogens (tertiary/aromatic N) is 5. The van der Waals surface area contributed by atoms with Crippen molar-refractivity contribution in [2.24, 2.45) is 0 Å². The standard InChI is InChI=1S/C35H32ClFN6O3S2/c1-3-32(43(2)14-15-48(44,45)26-10-5-4-6-11-26)35-42-31(21-47-35)29-18-27-30(19-38-29)39-22-40-34(27)41-25-12-13-33(28(36)17-25)46-20-23-8-7-9-24(37)16-23/h4-13,16-19,21-22,32H,3,14-15,20H2,1-2H3,(H,39,40,41). The lowest BCUT2D eigenvalue weighted by molar-refractivity contribution is 0.251. The third kappa shape index (κ3) is 7.79. The van der Waals surface area contributed by atoms with Crippen LogP contribution in [0.3, 0.4) is 0 Å². The van der Waals surface area contributed by atoms with Gasteiger partial charge in [-0.15, -0.1) is 11.3 Å². The zero-order chi connectivity index (χ0) is 33.7. The lowest BCUT2D eigenvalue weighted by atomic mass is 10.2. The number of aromatic nitrogens is 4. The molecular weight excluding hydrogens is 671 g/mol. The number of hydrogen-bond acceptors (Lipinski definition) is 10. The van der Waals surface area contributed by atoms with Gasteiger partial charge in [0.1, 0.15) is 35.3 Å². The van der Waals surface area contributed by atoms with E-state index in [9.17, 15) is 12.8 Å². The zero-order valence-corrected chi connectivity index (χ0v) is 28.6. The van der Waals surface area contributed by atoms with Gasteiger partial charge in [0.25, 0.3) is 0 Å². The Bertz CT molecular complexity index is 2150. The Morgan fingerprint density at radius 1 is 1.00 bits per heavy atom. The van der Waals surface area contributed by atoms with Crippen LogP contribution in [0.1, 0.15) is 30.0 Å². The monoisotopic (exact) mass is 702 g/mol. The van der Waals surface area contributed by atoms with Crippen molar-refractivity contribution in [1.29, 1.82) is 0 Å². The second kappa shape index (κ2) is 14.7. The second-order valence-corrected chi connectivity index (χ2v) is 14.5. The fourth-order valence-electron chi connectivity index (χ4n) is 5.22. The van der Waals surface area contributed by atoms with Crippen molar-refractivity contribution < 1.29 is 17.5 Å². The van der Waals surface area contributed by atoms with Gasteiger partial charge in [0.05, 0.1) is 44.8 Å². The smallest absolute Gasteiger partial charge is 0.179 e. The molecule has 3 aromatic heterocycles. The molecule has 0 saturated carbocycles. The number of pyridine rings is 1. The fourth-order valence-corrected chi connectivity index (χ4v) is 7.85. The van der Waals surface area contributed by atoms with E-state index in [0.717, 1.165) is 16.8 Å². The van der Waals surface area contributed by atoms with Gasteiger partial charge in [0.2, 0.25) is 0 Å². The van der Waals surface area contributed by atoms with E-state index in [2.05, 4.69) is 27.2 Å². The third-order valence-corrected chi connectivity index (χ3v) is 10.8. The molecule has 0 saturated heterocycles. The molecule has 246 valence electrons. The summed E-state index contributed by atoms with van der Waals surface area (Å²) in [5.41, 5.74) is 3.41. The van der Waals surface area contributed by atoms with Crippen molar-refractivity contribution in [2.75, 3.05) is 24.7 Å². The first-order chi connectivity index (χ1) is 23.2. The van der Waals surface area contributed by atoms with Crippen LogP contribution in [-0.2, 0) is 16.4 Å². The van der Waals surface area contributed by atoms with Crippen LogP contribution in [0.4, 0.5) is 15.9 Å². The van der Waals surface area contributed by atoms with Crippen molar-refractivity contribution >= 4 is 55.2 Å². The quantitative estimate of drug-likeness (QED) is 0.128. The molecule has 1 atom stereocenters. The SMILES string of the molecule is CCC(c1nc(-c2cc3c(Nc4ccc(OCc5cccc(F)c5)c(Cl)c4)ncnc3cn2)cs1)N(C)CCS(=O)(=O)c1ccccc1. The number of ether oxygens (including phenoxy) is 1. The predicted octanol–water partition coefficient (Wildman–Crippen LogP) is 8.12. The third-order valence-electron chi connectivity index (χ3n) is 7.80. The molecule has 0 aliphatic heterocycles. The number of sulfone groups is 1. The maximum absolute atomic E-state index is 13.5. The van der Waals surface area contributed by atoms with Crippen LogP contribution < -0.4 is 10.1 Å². The highest BCUT2D eigenvalue weighted by atomic mass is 35.5. The van der Waals surface area contributed by atoms with Crippen LogP contribution in [-0.4, -0.2) is 52.6 Å². The molecule has 6 rings (SSSR count). The largest absolute Gasteiger partial charge is 0.487 e. The number of anilines is 2. The van der Waals surface area contributed by atoms with E-state index in [1.165, 1.54) is 29.8 Å². The van der Waals surface area contributed by atoms with Crippen LogP contribution in [0.25, 0.3) is 22.3 Å².